The van der Waals surface area contributed by atoms with E-state index in [-0.39, 0.29) is 57.8 Å². The minimum absolute atomic E-state index is 0.00447. The van der Waals surface area contributed by atoms with Gasteiger partial charge in [0.2, 0.25) is 0 Å². The lowest BCUT2D eigenvalue weighted by molar-refractivity contribution is -0.201. The van der Waals surface area contributed by atoms with Crippen molar-refractivity contribution in [2.75, 3.05) is 49.1 Å². The number of amides is 3. The van der Waals surface area contributed by atoms with Crippen molar-refractivity contribution in [3.63, 3.8) is 0 Å². The molecular weight excluding hydrogens is 825 g/mol. The molecule has 3 heterocycles. The van der Waals surface area contributed by atoms with Gasteiger partial charge < -0.3 is 14.6 Å². The van der Waals surface area contributed by atoms with E-state index in [0.29, 0.717) is 34.9 Å². The van der Waals surface area contributed by atoms with Gasteiger partial charge in [-0.25, -0.2) is 4.79 Å². The molecule has 0 saturated carbocycles. The number of aryl methyl sites for hydroxylation is 1. The van der Waals surface area contributed by atoms with Crippen molar-refractivity contribution in [2.24, 2.45) is 10.9 Å². The summed E-state index contributed by atoms with van der Waals surface area (Å²) in [5, 5.41) is 0.549. The summed E-state index contributed by atoms with van der Waals surface area (Å²) in [6.45, 7) is 7.32. The van der Waals surface area contributed by atoms with E-state index in [1.165, 1.54) is 0 Å². The SMILES string of the molecule is CCCCC1=CC2=C(c3ccccc3C(=O)N3CCC(C(=O)ON4C(=O)CCC4=O)CC3)c3cc4c(cc3C(C)(C)C2=CC1=NCCS(=O)(=O)O)N(CCS(=O)(=O)O)CCC4. The number of aliphatic imine (C=N–C) groups is 1. The molecule has 0 radical (unpaired) electrons. The van der Waals surface area contributed by atoms with Gasteiger partial charge in [-0.2, -0.15) is 16.8 Å². The van der Waals surface area contributed by atoms with Crippen LogP contribution in [0, 0.1) is 5.92 Å². The summed E-state index contributed by atoms with van der Waals surface area (Å²) in [5.41, 5.74) is 8.30. The Bertz CT molecular complexity index is 2500. The van der Waals surface area contributed by atoms with Crippen LogP contribution in [0.15, 0.2) is 70.3 Å². The Labute approximate surface area is 356 Å². The molecule has 2 saturated heterocycles. The van der Waals surface area contributed by atoms with Gasteiger partial charge in [0.05, 0.1) is 29.7 Å². The molecule has 5 aliphatic rings. The molecule has 7 rings (SSSR count). The van der Waals surface area contributed by atoms with Gasteiger partial charge in [0.25, 0.3) is 38.0 Å². The highest BCUT2D eigenvalue weighted by Crippen LogP contribution is 2.53. The summed E-state index contributed by atoms with van der Waals surface area (Å²) in [6.07, 6.45) is 8.53. The van der Waals surface area contributed by atoms with Crippen LogP contribution in [0.5, 0.6) is 0 Å². The Morgan fingerprint density at radius 1 is 0.902 bits per heavy atom. The Hall–Kier alpha value is -4.97. The van der Waals surface area contributed by atoms with Crippen molar-refractivity contribution >= 4 is 60.9 Å². The van der Waals surface area contributed by atoms with E-state index in [1.807, 2.05) is 29.2 Å². The Morgan fingerprint density at radius 3 is 2.26 bits per heavy atom. The van der Waals surface area contributed by atoms with Gasteiger partial charge in [0.1, 0.15) is 0 Å². The van der Waals surface area contributed by atoms with E-state index in [0.717, 1.165) is 70.4 Å². The molecule has 0 aromatic heterocycles. The second-order valence-corrected chi connectivity index (χ2v) is 19.9. The highest BCUT2D eigenvalue weighted by molar-refractivity contribution is 7.86. The Balaban J connectivity index is 1.32. The van der Waals surface area contributed by atoms with Gasteiger partial charge in [-0.1, -0.05) is 45.4 Å². The third-order valence-corrected chi connectivity index (χ3v) is 13.7. The number of fused-ring (bicyclic) bond motifs is 3. The molecule has 3 aliphatic heterocycles. The fourth-order valence-electron chi connectivity index (χ4n) is 9.02. The number of nitrogens with zero attached hydrogens (tertiary/aromatic N) is 4. The molecule has 2 aromatic carbocycles. The molecule has 0 unspecified atom stereocenters. The standard InChI is InChI=1S/C44H52N4O11S2/c1-4-5-9-29-24-33-35(26-37(29)45-17-22-60(53,54)55)44(2,3)36-27-38-30(10-8-18-46(38)21-23-61(56,57)58)25-34(36)41(33)31-11-6-7-12-32(31)42(51)47-19-15-28(16-20-47)43(52)59-48-39(49)13-14-40(48)50/h6-7,11-12,24-28H,4-5,8-10,13-23H2,1-3H3,(H,53,54,55)(H,56,57,58). The summed E-state index contributed by atoms with van der Waals surface area (Å²) in [6, 6.07) is 11.7. The van der Waals surface area contributed by atoms with Crippen LogP contribution in [0.25, 0.3) is 5.57 Å². The van der Waals surface area contributed by atoms with E-state index >= 15 is 0 Å². The zero-order chi connectivity index (χ0) is 43.9. The maximum Gasteiger partial charge on any atom is 0.336 e. The molecule has 2 aliphatic carbocycles. The lowest BCUT2D eigenvalue weighted by Crippen LogP contribution is -2.42. The second kappa shape index (κ2) is 17.4. The van der Waals surface area contributed by atoms with Crippen molar-refractivity contribution < 1.29 is 50.0 Å². The number of anilines is 1. The second-order valence-electron chi connectivity index (χ2n) is 16.8. The number of rotatable bonds is 13. The van der Waals surface area contributed by atoms with Gasteiger partial charge in [0.15, 0.2) is 0 Å². The van der Waals surface area contributed by atoms with E-state index in [4.69, 9.17) is 9.83 Å². The number of unbranched alkanes of at least 4 members (excludes halogenated alkanes) is 1. The quantitative estimate of drug-likeness (QED) is 0.195. The number of piperidine rings is 1. The normalized spacial score (nSPS) is 20.0. The monoisotopic (exact) mass is 876 g/mol. The maximum atomic E-state index is 14.7. The number of benzene rings is 2. The first-order valence-electron chi connectivity index (χ1n) is 20.9. The number of carbonyl (C=O) groups is 4. The summed E-state index contributed by atoms with van der Waals surface area (Å²) in [5.74, 6) is -3.56. The smallest absolute Gasteiger partial charge is 0.336 e. The molecule has 326 valence electrons. The first kappa shape index (κ1) is 44.1. The lowest BCUT2D eigenvalue weighted by atomic mass is 9.63. The summed E-state index contributed by atoms with van der Waals surface area (Å²) in [4.78, 5) is 65.4. The Morgan fingerprint density at radius 2 is 1.59 bits per heavy atom. The minimum Gasteiger partial charge on any atom is -0.370 e. The summed E-state index contributed by atoms with van der Waals surface area (Å²) in [7, 11) is -8.47. The van der Waals surface area contributed by atoms with E-state index in [2.05, 4.69) is 39.0 Å². The fourth-order valence-corrected chi connectivity index (χ4v) is 9.80. The largest absolute Gasteiger partial charge is 0.370 e. The first-order valence-corrected chi connectivity index (χ1v) is 24.1. The van der Waals surface area contributed by atoms with Crippen molar-refractivity contribution in [3.8, 4) is 0 Å². The van der Waals surface area contributed by atoms with Crippen LogP contribution < -0.4 is 4.90 Å². The molecular formula is C44H52N4O11S2. The summed E-state index contributed by atoms with van der Waals surface area (Å²) < 4.78 is 66.2. The van der Waals surface area contributed by atoms with Gasteiger partial charge >= 0.3 is 5.97 Å². The molecule has 0 atom stereocenters. The van der Waals surface area contributed by atoms with Crippen molar-refractivity contribution in [3.05, 3.63) is 93.1 Å². The van der Waals surface area contributed by atoms with Crippen LogP contribution in [0.4, 0.5) is 5.69 Å². The fraction of sp³-hybridized carbons (Fsp3) is 0.477. The molecule has 0 spiro atoms. The average molecular weight is 877 g/mol. The molecule has 61 heavy (non-hydrogen) atoms. The maximum absolute atomic E-state index is 14.7. The van der Waals surface area contributed by atoms with Crippen LogP contribution >= 0.6 is 0 Å². The topological polar surface area (TPSA) is 208 Å². The van der Waals surface area contributed by atoms with Crippen molar-refractivity contribution in [1.29, 1.82) is 0 Å². The van der Waals surface area contributed by atoms with Crippen molar-refractivity contribution in [1.82, 2.24) is 9.96 Å². The van der Waals surface area contributed by atoms with Crippen LogP contribution in [0.2, 0.25) is 0 Å². The molecule has 2 aromatic rings. The van der Waals surface area contributed by atoms with Gasteiger partial charge in [-0.15, -0.1) is 5.06 Å². The number of imide groups is 1. The molecule has 2 fully saturated rings. The zero-order valence-corrected chi connectivity index (χ0v) is 36.3. The van der Waals surface area contributed by atoms with Crippen molar-refractivity contribution in [2.45, 2.75) is 84.0 Å². The molecule has 0 bridgehead atoms. The zero-order valence-electron chi connectivity index (χ0n) is 34.7. The van der Waals surface area contributed by atoms with Crippen LogP contribution in [-0.4, -0.2) is 110 Å². The lowest BCUT2D eigenvalue weighted by Gasteiger charge is -2.42. The number of hydrogen-bond acceptors (Lipinski definition) is 11. The summed E-state index contributed by atoms with van der Waals surface area (Å²) >= 11 is 0. The van der Waals surface area contributed by atoms with Gasteiger partial charge in [-0.05, 0) is 113 Å². The molecule has 3 amide bonds. The molecule has 2 N–H and O–H groups in total. The van der Waals surface area contributed by atoms with Gasteiger partial charge in [0, 0.05) is 55.7 Å². The predicted octanol–water partition coefficient (Wildman–Crippen LogP) is 5.26. The molecule has 15 nitrogen and oxygen atoms in total. The predicted molar refractivity (Wildman–Crippen MR) is 229 cm³/mol. The number of carbonyl (C=O) groups excluding carboxylic acids is 4. The third kappa shape index (κ3) is 9.44. The van der Waals surface area contributed by atoms with E-state index < -0.39 is 60.9 Å². The van der Waals surface area contributed by atoms with Gasteiger partial charge in [-0.3, -0.25) is 28.5 Å². The highest BCUT2D eigenvalue weighted by atomic mass is 32.2. The molecule has 17 heteroatoms. The first-order chi connectivity index (χ1) is 28.9. The number of hydrogen-bond donors (Lipinski definition) is 2. The third-order valence-electron chi connectivity index (χ3n) is 12.3. The van der Waals surface area contributed by atoms with E-state index in [1.54, 1.807) is 11.0 Å². The van der Waals surface area contributed by atoms with Crippen LogP contribution in [0.3, 0.4) is 0 Å². The van der Waals surface area contributed by atoms with Crippen LogP contribution in [-0.2, 0) is 51.3 Å². The van der Waals surface area contributed by atoms with E-state index in [9.17, 15) is 45.1 Å². The number of allylic oxidation sites excluding steroid dienone is 5. The van der Waals surface area contributed by atoms with Crippen LogP contribution in [0.1, 0.15) is 105 Å². The average Bonchev–Trinajstić information content (AvgIpc) is 3.53. The minimum atomic E-state index is -4.26. The number of hydroxylamine groups is 2. The number of likely N-dealkylation sites (tertiary alicyclic amines) is 1. The Kier molecular flexibility index (Phi) is 12.6. The highest BCUT2D eigenvalue weighted by Gasteiger charge is 2.42.